The molecule has 2 aliphatic carbocycles. The number of halogens is 1. The predicted molar refractivity (Wildman–Crippen MR) is 69.9 cm³/mol. The van der Waals surface area contributed by atoms with E-state index in [0.29, 0.717) is 5.41 Å². The van der Waals surface area contributed by atoms with Gasteiger partial charge in [0.1, 0.15) is 0 Å². The summed E-state index contributed by atoms with van der Waals surface area (Å²) in [6.45, 7) is 0.901. The highest BCUT2D eigenvalue weighted by molar-refractivity contribution is 5.85. The first-order valence-electron chi connectivity index (χ1n) is 6.06. The molecule has 3 rings (SSSR count). The normalized spacial score (nSPS) is 36.1. The molecule has 0 aliphatic heterocycles. The van der Waals surface area contributed by atoms with Crippen molar-refractivity contribution < 1.29 is 0 Å². The number of rotatable bonds is 2. The van der Waals surface area contributed by atoms with Gasteiger partial charge in [-0.25, -0.2) is 0 Å². The van der Waals surface area contributed by atoms with Crippen molar-refractivity contribution in [3.05, 3.63) is 35.9 Å². The van der Waals surface area contributed by atoms with E-state index in [1.165, 1.54) is 25.7 Å². The lowest BCUT2D eigenvalue weighted by atomic mass is 9.47. The molecule has 0 aromatic heterocycles. The molecule has 1 aromatic rings. The topological polar surface area (TPSA) is 26.0 Å². The summed E-state index contributed by atoms with van der Waals surface area (Å²) < 4.78 is 0. The summed E-state index contributed by atoms with van der Waals surface area (Å²) in [5.74, 6) is 1.67. The van der Waals surface area contributed by atoms with Crippen molar-refractivity contribution in [2.24, 2.45) is 17.1 Å². The van der Waals surface area contributed by atoms with Crippen molar-refractivity contribution in [3.63, 3.8) is 0 Å². The Labute approximate surface area is 104 Å². The van der Waals surface area contributed by atoms with Gasteiger partial charge in [-0.2, -0.15) is 0 Å². The van der Waals surface area contributed by atoms with E-state index in [1.807, 2.05) is 0 Å². The minimum absolute atomic E-state index is 0. The largest absolute Gasteiger partial charge is 0.330 e. The van der Waals surface area contributed by atoms with Gasteiger partial charge < -0.3 is 5.73 Å². The molecule has 0 unspecified atom stereocenters. The third kappa shape index (κ3) is 1.87. The molecule has 2 heteroatoms. The number of benzene rings is 1. The van der Waals surface area contributed by atoms with Crippen molar-refractivity contribution in [3.8, 4) is 0 Å². The maximum atomic E-state index is 5.68. The van der Waals surface area contributed by atoms with Crippen molar-refractivity contribution in [2.75, 3.05) is 6.54 Å². The fourth-order valence-electron chi connectivity index (χ4n) is 3.61. The van der Waals surface area contributed by atoms with Gasteiger partial charge in [-0.05, 0) is 55.0 Å². The van der Waals surface area contributed by atoms with E-state index in [-0.39, 0.29) is 12.4 Å². The Morgan fingerprint density at radius 1 is 1.06 bits per heavy atom. The van der Waals surface area contributed by atoms with Crippen LogP contribution < -0.4 is 5.73 Å². The average Bonchev–Trinajstić information content (AvgIpc) is 2.16. The lowest BCUT2D eigenvalue weighted by molar-refractivity contribution is -0.0377. The summed E-state index contributed by atoms with van der Waals surface area (Å²) in [4.78, 5) is 0. The number of hydrogen-bond acceptors (Lipinski definition) is 1. The van der Waals surface area contributed by atoms with E-state index >= 15 is 0 Å². The van der Waals surface area contributed by atoms with Crippen molar-refractivity contribution in [1.29, 1.82) is 0 Å². The zero-order valence-electron chi connectivity index (χ0n) is 9.56. The van der Waals surface area contributed by atoms with Crippen LogP contribution in [-0.4, -0.2) is 6.54 Å². The second kappa shape index (κ2) is 4.38. The minimum atomic E-state index is 0. The molecule has 1 spiro atoms. The lowest BCUT2D eigenvalue weighted by Gasteiger charge is -2.58. The van der Waals surface area contributed by atoms with Crippen LogP contribution in [0.2, 0.25) is 0 Å². The molecule has 88 valence electrons. The first-order chi connectivity index (χ1) is 7.31. The lowest BCUT2D eigenvalue weighted by Crippen LogP contribution is -2.48. The molecule has 16 heavy (non-hydrogen) atoms. The van der Waals surface area contributed by atoms with Crippen LogP contribution >= 0.6 is 12.4 Å². The third-order valence-electron chi connectivity index (χ3n) is 4.41. The molecule has 2 aliphatic rings. The van der Waals surface area contributed by atoms with Gasteiger partial charge in [-0.15, -0.1) is 12.4 Å². The SMILES string of the molecule is Cl.NCC1CC2(C1)CC(c1ccccc1)C2. The highest BCUT2D eigenvalue weighted by Crippen LogP contribution is 2.63. The highest BCUT2D eigenvalue weighted by atomic mass is 35.5. The minimum Gasteiger partial charge on any atom is -0.330 e. The Morgan fingerprint density at radius 2 is 1.69 bits per heavy atom. The third-order valence-corrected chi connectivity index (χ3v) is 4.41. The zero-order chi connectivity index (χ0) is 10.3. The Morgan fingerprint density at radius 3 is 2.25 bits per heavy atom. The van der Waals surface area contributed by atoms with Gasteiger partial charge in [0.2, 0.25) is 0 Å². The van der Waals surface area contributed by atoms with Crippen molar-refractivity contribution in [1.82, 2.24) is 0 Å². The van der Waals surface area contributed by atoms with Gasteiger partial charge in [0.25, 0.3) is 0 Å². The van der Waals surface area contributed by atoms with Crippen LogP contribution in [0.15, 0.2) is 30.3 Å². The van der Waals surface area contributed by atoms with Crippen molar-refractivity contribution >= 4 is 12.4 Å². The molecular weight excluding hydrogens is 218 g/mol. The zero-order valence-corrected chi connectivity index (χ0v) is 10.4. The summed E-state index contributed by atoms with van der Waals surface area (Å²) in [6.07, 6.45) is 5.61. The summed E-state index contributed by atoms with van der Waals surface area (Å²) in [7, 11) is 0. The molecule has 0 amide bonds. The second-order valence-corrected chi connectivity index (χ2v) is 5.53. The fraction of sp³-hybridized carbons (Fsp3) is 0.571. The Hall–Kier alpha value is -0.530. The van der Waals surface area contributed by atoms with E-state index in [1.54, 1.807) is 5.56 Å². The van der Waals surface area contributed by atoms with Crippen LogP contribution in [0.4, 0.5) is 0 Å². The van der Waals surface area contributed by atoms with Gasteiger partial charge >= 0.3 is 0 Å². The predicted octanol–water partition coefficient (Wildman–Crippen LogP) is 3.34. The van der Waals surface area contributed by atoms with Crippen LogP contribution in [0.25, 0.3) is 0 Å². The van der Waals surface area contributed by atoms with Crippen molar-refractivity contribution in [2.45, 2.75) is 31.6 Å². The van der Waals surface area contributed by atoms with E-state index in [9.17, 15) is 0 Å². The van der Waals surface area contributed by atoms with Gasteiger partial charge in [0.15, 0.2) is 0 Å². The molecule has 2 fully saturated rings. The Bertz CT molecular complexity index is 335. The summed E-state index contributed by atoms with van der Waals surface area (Å²) in [5, 5.41) is 0. The smallest absolute Gasteiger partial charge is 0.00485 e. The average molecular weight is 238 g/mol. The molecule has 2 N–H and O–H groups in total. The standard InChI is InChI=1S/C14H19N.ClH/c15-10-11-6-14(7-11)8-13(9-14)12-4-2-1-3-5-12;/h1-5,11,13H,6-10,15H2;1H. The molecule has 0 saturated heterocycles. The van der Waals surface area contributed by atoms with E-state index in [0.717, 1.165) is 18.4 Å². The van der Waals surface area contributed by atoms with E-state index < -0.39 is 0 Å². The highest BCUT2D eigenvalue weighted by Gasteiger charge is 2.52. The monoisotopic (exact) mass is 237 g/mol. The molecule has 1 aromatic carbocycles. The molecule has 0 bridgehead atoms. The van der Waals surface area contributed by atoms with Crippen LogP contribution in [0.3, 0.4) is 0 Å². The molecule has 1 nitrogen and oxygen atoms in total. The molecule has 0 heterocycles. The van der Waals surface area contributed by atoms with Crippen LogP contribution in [0.5, 0.6) is 0 Å². The van der Waals surface area contributed by atoms with Gasteiger partial charge in [0, 0.05) is 0 Å². The molecular formula is C14H20ClN. The van der Waals surface area contributed by atoms with Crippen LogP contribution in [0.1, 0.15) is 37.2 Å². The molecule has 2 saturated carbocycles. The Balaban J connectivity index is 0.000000963. The van der Waals surface area contributed by atoms with Gasteiger partial charge in [-0.3, -0.25) is 0 Å². The number of nitrogens with two attached hydrogens (primary N) is 1. The van der Waals surface area contributed by atoms with E-state index in [2.05, 4.69) is 30.3 Å². The first kappa shape index (κ1) is 11.9. The Kier molecular flexibility index (Phi) is 3.27. The quantitative estimate of drug-likeness (QED) is 0.839. The van der Waals surface area contributed by atoms with Gasteiger partial charge in [-0.1, -0.05) is 30.3 Å². The fourth-order valence-corrected chi connectivity index (χ4v) is 3.61. The number of hydrogen-bond donors (Lipinski definition) is 1. The summed E-state index contributed by atoms with van der Waals surface area (Å²) >= 11 is 0. The van der Waals surface area contributed by atoms with Gasteiger partial charge in [0.05, 0.1) is 0 Å². The van der Waals surface area contributed by atoms with Crippen LogP contribution in [-0.2, 0) is 0 Å². The first-order valence-corrected chi connectivity index (χ1v) is 6.06. The maximum Gasteiger partial charge on any atom is -0.00485 e. The maximum absolute atomic E-state index is 5.68. The summed E-state index contributed by atoms with van der Waals surface area (Å²) in [5.41, 5.74) is 7.93. The second-order valence-electron chi connectivity index (χ2n) is 5.53. The van der Waals surface area contributed by atoms with Crippen LogP contribution in [0, 0.1) is 11.3 Å². The van der Waals surface area contributed by atoms with E-state index in [4.69, 9.17) is 5.73 Å². The summed E-state index contributed by atoms with van der Waals surface area (Å²) in [6, 6.07) is 11.0. The molecule has 0 atom stereocenters. The molecule has 0 radical (unpaired) electrons.